The number of halogens is 6. The van der Waals surface area contributed by atoms with Crippen molar-refractivity contribution in [2.24, 2.45) is 23.7 Å². The molecule has 2 fully saturated rings. The van der Waals surface area contributed by atoms with Gasteiger partial charge in [-0.25, -0.2) is 8.78 Å². The molecule has 0 radical (unpaired) electrons. The maximum Gasteiger partial charge on any atom is 0.342 e. The zero-order chi connectivity index (χ0) is 23.5. The molecule has 6 heteroatoms. The first-order valence-electron chi connectivity index (χ1n) is 12.4. The summed E-state index contributed by atoms with van der Waals surface area (Å²) < 4.78 is 87.3. The Balaban J connectivity index is 1.66. The van der Waals surface area contributed by atoms with Gasteiger partial charge in [0.15, 0.2) is 5.83 Å². The topological polar surface area (TPSA) is 0 Å². The summed E-state index contributed by atoms with van der Waals surface area (Å²) in [7, 11) is 0. The van der Waals surface area contributed by atoms with E-state index in [9.17, 15) is 26.3 Å². The van der Waals surface area contributed by atoms with Crippen LogP contribution in [-0.4, -0.2) is 11.8 Å². The van der Waals surface area contributed by atoms with Gasteiger partial charge < -0.3 is 0 Å². The van der Waals surface area contributed by atoms with Gasteiger partial charge in [0.05, 0.1) is 5.57 Å². The van der Waals surface area contributed by atoms with E-state index < -0.39 is 40.6 Å². The van der Waals surface area contributed by atoms with E-state index in [0.717, 1.165) is 24.8 Å². The monoisotopic (exact) mass is 462 g/mol. The van der Waals surface area contributed by atoms with Gasteiger partial charge in [0.1, 0.15) is 5.83 Å². The fourth-order valence-corrected chi connectivity index (χ4v) is 5.99. The van der Waals surface area contributed by atoms with E-state index >= 15 is 0 Å². The molecule has 0 aromatic heterocycles. The highest BCUT2D eigenvalue weighted by Gasteiger charge is 2.63. The molecular weight excluding hydrogens is 426 g/mol. The average molecular weight is 463 g/mol. The van der Waals surface area contributed by atoms with Crippen LogP contribution in [0.15, 0.2) is 35.0 Å². The Morgan fingerprint density at radius 2 is 1.34 bits per heavy atom. The third kappa shape index (κ3) is 4.99. The summed E-state index contributed by atoms with van der Waals surface area (Å²) in [4.78, 5) is 0. The standard InChI is InChI=1S/C26H36F6/c1-3-5-17-7-9-18(10-8-17)19-11-13-20(14-12-19)23(27)24(28)22-16-15-21(6-4-2)25(29,30)26(22,31)32/h15-20H,3-14H2,1-2H3/b24-23+. The van der Waals surface area contributed by atoms with Crippen LogP contribution in [0.1, 0.15) is 90.9 Å². The molecule has 0 aromatic carbocycles. The molecule has 0 aromatic rings. The van der Waals surface area contributed by atoms with E-state index in [1.54, 1.807) is 6.92 Å². The fraction of sp³-hybridized carbons (Fsp3) is 0.769. The van der Waals surface area contributed by atoms with Crippen molar-refractivity contribution < 1.29 is 26.3 Å². The molecule has 2 saturated carbocycles. The molecule has 0 spiro atoms. The van der Waals surface area contributed by atoms with Crippen LogP contribution in [0.5, 0.6) is 0 Å². The first-order valence-corrected chi connectivity index (χ1v) is 12.4. The summed E-state index contributed by atoms with van der Waals surface area (Å²) in [6, 6.07) is 0. The Kier molecular flexibility index (Phi) is 8.25. The van der Waals surface area contributed by atoms with E-state index in [2.05, 4.69) is 6.92 Å². The lowest BCUT2D eigenvalue weighted by molar-refractivity contribution is -0.164. The molecule has 0 N–H and O–H groups in total. The Hall–Kier alpha value is -1.20. The van der Waals surface area contributed by atoms with Gasteiger partial charge in [0, 0.05) is 11.5 Å². The lowest BCUT2D eigenvalue weighted by atomic mass is 9.68. The second kappa shape index (κ2) is 10.4. The first kappa shape index (κ1) is 25.4. The van der Waals surface area contributed by atoms with Crippen LogP contribution in [0.25, 0.3) is 0 Å². The van der Waals surface area contributed by atoms with Crippen LogP contribution in [0, 0.1) is 23.7 Å². The molecule has 0 heterocycles. The number of alkyl halides is 4. The Morgan fingerprint density at radius 3 is 1.88 bits per heavy atom. The smallest absolute Gasteiger partial charge is 0.208 e. The predicted octanol–water partition coefficient (Wildman–Crippen LogP) is 9.49. The fourth-order valence-electron chi connectivity index (χ4n) is 5.99. The van der Waals surface area contributed by atoms with Crippen molar-refractivity contribution in [3.05, 3.63) is 35.0 Å². The lowest BCUT2D eigenvalue weighted by Gasteiger charge is -2.38. The van der Waals surface area contributed by atoms with Crippen molar-refractivity contribution in [1.82, 2.24) is 0 Å². The first-order chi connectivity index (χ1) is 15.1. The molecule has 3 aliphatic carbocycles. The van der Waals surface area contributed by atoms with Gasteiger partial charge in [0.2, 0.25) is 0 Å². The largest absolute Gasteiger partial charge is 0.342 e. The van der Waals surface area contributed by atoms with Gasteiger partial charge in [-0.15, -0.1) is 0 Å². The summed E-state index contributed by atoms with van der Waals surface area (Å²) in [6.45, 7) is 3.80. The zero-order valence-electron chi connectivity index (χ0n) is 19.2. The highest BCUT2D eigenvalue weighted by Crippen LogP contribution is 2.52. The minimum atomic E-state index is -4.76. The van der Waals surface area contributed by atoms with Crippen molar-refractivity contribution in [3.8, 4) is 0 Å². The molecule has 3 aliphatic rings. The van der Waals surface area contributed by atoms with Crippen LogP contribution in [0.2, 0.25) is 0 Å². The Morgan fingerprint density at radius 1 is 0.781 bits per heavy atom. The van der Waals surface area contributed by atoms with Crippen molar-refractivity contribution in [2.45, 2.75) is 103 Å². The van der Waals surface area contributed by atoms with Gasteiger partial charge in [-0.2, -0.15) is 17.6 Å². The van der Waals surface area contributed by atoms with Crippen LogP contribution in [0.4, 0.5) is 26.3 Å². The summed E-state index contributed by atoms with van der Waals surface area (Å²) in [6.07, 6.45) is 11.0. The molecule has 32 heavy (non-hydrogen) atoms. The summed E-state index contributed by atoms with van der Waals surface area (Å²) >= 11 is 0. The summed E-state index contributed by atoms with van der Waals surface area (Å²) in [5.41, 5.74) is -2.27. The van der Waals surface area contributed by atoms with Crippen LogP contribution < -0.4 is 0 Å². The van der Waals surface area contributed by atoms with Gasteiger partial charge in [-0.1, -0.05) is 52.0 Å². The van der Waals surface area contributed by atoms with Crippen molar-refractivity contribution >= 4 is 0 Å². The van der Waals surface area contributed by atoms with Crippen LogP contribution >= 0.6 is 0 Å². The van der Waals surface area contributed by atoms with Gasteiger partial charge >= 0.3 is 11.8 Å². The van der Waals surface area contributed by atoms with E-state index in [4.69, 9.17) is 0 Å². The third-order valence-electron chi connectivity index (χ3n) is 7.94. The maximum atomic E-state index is 14.9. The zero-order valence-corrected chi connectivity index (χ0v) is 19.2. The van der Waals surface area contributed by atoms with E-state index in [1.807, 2.05) is 0 Å². The SMILES string of the molecule is CCCC1=CC=C(/C(F)=C(\F)C2CCC(C3CCC(CCC)CC3)CC2)C(F)(F)C1(F)F. The molecule has 0 saturated heterocycles. The van der Waals surface area contributed by atoms with Gasteiger partial charge in [-0.05, 0) is 68.8 Å². The molecule has 0 atom stereocenters. The highest BCUT2D eigenvalue weighted by atomic mass is 19.3. The number of allylic oxidation sites excluding steroid dienone is 6. The molecule has 0 nitrogen and oxygen atoms in total. The molecular formula is C26H36F6. The van der Waals surface area contributed by atoms with Crippen molar-refractivity contribution in [2.75, 3.05) is 0 Å². The minimum absolute atomic E-state index is 0.218. The van der Waals surface area contributed by atoms with E-state index in [0.29, 0.717) is 30.8 Å². The van der Waals surface area contributed by atoms with Crippen molar-refractivity contribution in [1.29, 1.82) is 0 Å². The van der Waals surface area contributed by atoms with Gasteiger partial charge in [-0.3, -0.25) is 0 Å². The van der Waals surface area contributed by atoms with Crippen molar-refractivity contribution in [3.63, 3.8) is 0 Å². The molecule has 182 valence electrons. The number of hydrogen-bond acceptors (Lipinski definition) is 0. The number of hydrogen-bond donors (Lipinski definition) is 0. The Labute approximate surface area is 188 Å². The maximum absolute atomic E-state index is 14.9. The second-order valence-electron chi connectivity index (χ2n) is 10.0. The average Bonchev–Trinajstić information content (AvgIpc) is 2.77. The van der Waals surface area contributed by atoms with Crippen LogP contribution in [-0.2, 0) is 0 Å². The number of rotatable bonds is 7. The van der Waals surface area contributed by atoms with E-state index in [-0.39, 0.29) is 12.8 Å². The van der Waals surface area contributed by atoms with E-state index in [1.165, 1.54) is 38.5 Å². The molecule has 0 unspecified atom stereocenters. The minimum Gasteiger partial charge on any atom is -0.208 e. The van der Waals surface area contributed by atoms with Gasteiger partial charge in [0.25, 0.3) is 0 Å². The van der Waals surface area contributed by atoms with Crippen LogP contribution in [0.3, 0.4) is 0 Å². The Bertz CT molecular complexity index is 731. The molecule has 0 amide bonds. The quantitative estimate of drug-likeness (QED) is 0.331. The second-order valence-corrected chi connectivity index (χ2v) is 10.0. The normalized spacial score (nSPS) is 33.2. The summed E-state index contributed by atoms with van der Waals surface area (Å²) in [5, 5.41) is 0. The highest BCUT2D eigenvalue weighted by molar-refractivity contribution is 5.46. The molecule has 0 aliphatic heterocycles. The summed E-state index contributed by atoms with van der Waals surface area (Å²) in [5.74, 6) is -11.3. The lowest BCUT2D eigenvalue weighted by Crippen LogP contribution is -2.45. The predicted molar refractivity (Wildman–Crippen MR) is 116 cm³/mol. The molecule has 0 bridgehead atoms. The molecule has 3 rings (SSSR count). The third-order valence-corrected chi connectivity index (χ3v) is 7.94.